The fraction of sp³-hybridized carbons (Fsp3) is 0.214. The molecule has 4 aromatic heterocycles. The minimum atomic E-state index is 0.716. The van der Waals surface area contributed by atoms with Gasteiger partial charge in [-0.25, -0.2) is 0 Å². The van der Waals surface area contributed by atoms with Crippen LogP contribution >= 0.6 is 27.3 Å². The molecule has 0 spiro atoms. The van der Waals surface area contributed by atoms with Crippen molar-refractivity contribution in [2.24, 2.45) is 7.05 Å². The van der Waals surface area contributed by atoms with Crippen molar-refractivity contribution in [3.8, 4) is 22.0 Å². The first-order chi connectivity index (χ1) is 11.0. The molecule has 0 amide bonds. The standard InChI is InChI=1S/C14H12BrN7S/c1-7-11(8(2)21(3)19-7)12-17-18-14-22(12)20-13(23-14)9-4-10(15)6-16-5-9/h4-6H,1-3H3. The fourth-order valence-corrected chi connectivity index (χ4v) is 3.70. The predicted octanol–water partition coefficient (Wildman–Crippen LogP) is 3.03. The van der Waals surface area contributed by atoms with Crippen molar-refractivity contribution >= 4 is 32.2 Å². The summed E-state index contributed by atoms with van der Waals surface area (Å²) in [5, 5.41) is 18.5. The van der Waals surface area contributed by atoms with Crippen LogP contribution < -0.4 is 0 Å². The van der Waals surface area contributed by atoms with Gasteiger partial charge in [0.05, 0.1) is 11.3 Å². The van der Waals surface area contributed by atoms with Gasteiger partial charge in [-0.1, -0.05) is 11.3 Å². The molecule has 23 heavy (non-hydrogen) atoms. The topological polar surface area (TPSA) is 73.8 Å². The molecule has 0 saturated carbocycles. The van der Waals surface area contributed by atoms with Crippen LogP contribution in [-0.4, -0.2) is 34.6 Å². The largest absolute Gasteiger partial charge is 0.272 e. The van der Waals surface area contributed by atoms with E-state index < -0.39 is 0 Å². The summed E-state index contributed by atoms with van der Waals surface area (Å²) < 4.78 is 4.54. The third kappa shape index (κ3) is 2.27. The van der Waals surface area contributed by atoms with Gasteiger partial charge in [-0.2, -0.15) is 14.7 Å². The molecule has 0 N–H and O–H groups in total. The molecule has 0 saturated heterocycles. The van der Waals surface area contributed by atoms with E-state index >= 15 is 0 Å². The van der Waals surface area contributed by atoms with E-state index in [1.54, 1.807) is 16.9 Å². The van der Waals surface area contributed by atoms with E-state index in [0.29, 0.717) is 5.82 Å². The number of aromatic nitrogens is 7. The van der Waals surface area contributed by atoms with Gasteiger partial charge in [-0.15, -0.1) is 10.2 Å². The highest BCUT2D eigenvalue weighted by Crippen LogP contribution is 2.30. The van der Waals surface area contributed by atoms with E-state index in [1.807, 2.05) is 31.6 Å². The summed E-state index contributed by atoms with van der Waals surface area (Å²) in [7, 11) is 1.92. The van der Waals surface area contributed by atoms with Crippen molar-refractivity contribution in [2.75, 3.05) is 0 Å². The molecule has 0 radical (unpaired) electrons. The molecule has 0 aliphatic heterocycles. The Kier molecular flexibility index (Phi) is 3.27. The highest BCUT2D eigenvalue weighted by atomic mass is 79.9. The molecule has 0 fully saturated rings. The average Bonchev–Trinajstić information content (AvgIpc) is 3.15. The normalized spacial score (nSPS) is 11.5. The molecule has 0 aliphatic rings. The summed E-state index contributed by atoms with van der Waals surface area (Å²) in [6.07, 6.45) is 3.54. The van der Waals surface area contributed by atoms with Crippen LogP contribution in [0.5, 0.6) is 0 Å². The number of hydrogen-bond acceptors (Lipinski definition) is 6. The number of aryl methyl sites for hydroxylation is 2. The molecule has 116 valence electrons. The maximum absolute atomic E-state index is 4.66. The highest BCUT2D eigenvalue weighted by molar-refractivity contribution is 9.10. The molecular formula is C14H12BrN7S. The molecule has 0 aromatic carbocycles. The molecule has 9 heteroatoms. The molecule has 0 bridgehead atoms. The Morgan fingerprint density at radius 1 is 1.13 bits per heavy atom. The number of nitrogens with zero attached hydrogens (tertiary/aromatic N) is 7. The first-order valence-corrected chi connectivity index (χ1v) is 8.49. The van der Waals surface area contributed by atoms with Crippen molar-refractivity contribution < 1.29 is 0 Å². The van der Waals surface area contributed by atoms with Gasteiger partial charge in [0.15, 0.2) is 5.82 Å². The molecule has 0 aliphatic carbocycles. The maximum Gasteiger partial charge on any atom is 0.235 e. The third-order valence-electron chi connectivity index (χ3n) is 3.68. The lowest BCUT2D eigenvalue weighted by molar-refractivity contribution is 0.731. The van der Waals surface area contributed by atoms with Crippen molar-refractivity contribution in [1.29, 1.82) is 0 Å². The summed E-state index contributed by atoms with van der Waals surface area (Å²) >= 11 is 4.92. The van der Waals surface area contributed by atoms with Crippen molar-refractivity contribution in [2.45, 2.75) is 13.8 Å². The summed E-state index contributed by atoms with van der Waals surface area (Å²) in [6.45, 7) is 3.98. The van der Waals surface area contributed by atoms with Crippen molar-refractivity contribution in [3.63, 3.8) is 0 Å². The van der Waals surface area contributed by atoms with Crippen LogP contribution in [0.2, 0.25) is 0 Å². The van der Waals surface area contributed by atoms with E-state index in [1.165, 1.54) is 11.3 Å². The zero-order valence-electron chi connectivity index (χ0n) is 12.6. The number of fused-ring (bicyclic) bond motifs is 1. The van der Waals surface area contributed by atoms with Crippen LogP contribution in [0.1, 0.15) is 11.4 Å². The van der Waals surface area contributed by atoms with Crippen LogP contribution in [0.15, 0.2) is 22.9 Å². The second-order valence-electron chi connectivity index (χ2n) is 5.19. The fourth-order valence-electron chi connectivity index (χ4n) is 2.52. The van der Waals surface area contributed by atoms with Gasteiger partial charge >= 0.3 is 0 Å². The first-order valence-electron chi connectivity index (χ1n) is 6.88. The van der Waals surface area contributed by atoms with Gasteiger partial charge < -0.3 is 0 Å². The second-order valence-corrected chi connectivity index (χ2v) is 7.06. The monoisotopic (exact) mass is 389 g/mol. The number of halogens is 1. The molecule has 4 heterocycles. The lowest BCUT2D eigenvalue weighted by atomic mass is 10.2. The Bertz CT molecular complexity index is 1030. The predicted molar refractivity (Wildman–Crippen MR) is 91.3 cm³/mol. The first kappa shape index (κ1) is 14.5. The summed E-state index contributed by atoms with van der Waals surface area (Å²) in [6, 6.07) is 1.99. The van der Waals surface area contributed by atoms with E-state index in [9.17, 15) is 0 Å². The minimum Gasteiger partial charge on any atom is -0.272 e. The zero-order valence-corrected chi connectivity index (χ0v) is 15.1. The Morgan fingerprint density at radius 2 is 1.96 bits per heavy atom. The van der Waals surface area contributed by atoms with Crippen LogP contribution in [0.4, 0.5) is 0 Å². The second kappa shape index (κ2) is 5.20. The lowest BCUT2D eigenvalue weighted by Crippen LogP contribution is -1.95. The lowest BCUT2D eigenvalue weighted by Gasteiger charge is -1.98. The average molecular weight is 390 g/mol. The Balaban J connectivity index is 1.90. The van der Waals surface area contributed by atoms with E-state index in [0.717, 1.165) is 37.0 Å². The number of hydrogen-bond donors (Lipinski definition) is 0. The summed E-state index contributed by atoms with van der Waals surface area (Å²) in [5.74, 6) is 0.716. The van der Waals surface area contributed by atoms with Crippen molar-refractivity contribution in [3.05, 3.63) is 34.3 Å². The van der Waals surface area contributed by atoms with E-state index in [4.69, 9.17) is 0 Å². The van der Waals surface area contributed by atoms with Crippen LogP contribution in [0.25, 0.3) is 26.9 Å². The Morgan fingerprint density at radius 3 is 2.65 bits per heavy atom. The molecule has 0 atom stereocenters. The Labute approximate surface area is 144 Å². The van der Waals surface area contributed by atoms with Gasteiger partial charge in [0.2, 0.25) is 4.96 Å². The summed E-state index contributed by atoms with van der Waals surface area (Å²) in [4.78, 5) is 4.94. The van der Waals surface area contributed by atoms with Gasteiger partial charge in [0, 0.05) is 35.2 Å². The molecule has 0 unspecified atom stereocenters. The zero-order chi connectivity index (χ0) is 16.1. The van der Waals surface area contributed by atoms with Crippen LogP contribution in [0, 0.1) is 13.8 Å². The SMILES string of the molecule is Cc1nn(C)c(C)c1-c1nnc2sc(-c3cncc(Br)c3)nn12. The van der Waals surface area contributed by atoms with Gasteiger partial charge in [0.25, 0.3) is 0 Å². The van der Waals surface area contributed by atoms with Crippen LogP contribution in [0.3, 0.4) is 0 Å². The van der Waals surface area contributed by atoms with Crippen molar-refractivity contribution in [1.82, 2.24) is 34.6 Å². The van der Waals surface area contributed by atoms with E-state index in [-0.39, 0.29) is 0 Å². The van der Waals surface area contributed by atoms with Gasteiger partial charge in [0.1, 0.15) is 5.01 Å². The van der Waals surface area contributed by atoms with Gasteiger partial charge in [-0.05, 0) is 35.8 Å². The quantitative estimate of drug-likeness (QED) is 0.526. The van der Waals surface area contributed by atoms with Gasteiger partial charge in [-0.3, -0.25) is 9.67 Å². The Hall–Kier alpha value is -2.13. The number of pyridine rings is 1. The minimum absolute atomic E-state index is 0.716. The maximum atomic E-state index is 4.66. The highest BCUT2D eigenvalue weighted by Gasteiger charge is 2.20. The molecular weight excluding hydrogens is 378 g/mol. The molecule has 4 aromatic rings. The number of rotatable bonds is 2. The molecule has 4 rings (SSSR count). The van der Waals surface area contributed by atoms with Crippen LogP contribution in [-0.2, 0) is 7.05 Å². The molecule has 7 nitrogen and oxygen atoms in total. The van der Waals surface area contributed by atoms with E-state index in [2.05, 4.69) is 41.3 Å². The smallest absolute Gasteiger partial charge is 0.235 e. The summed E-state index contributed by atoms with van der Waals surface area (Å²) in [5.41, 5.74) is 3.87. The third-order valence-corrected chi connectivity index (χ3v) is 5.06.